The molecule has 2 amide bonds. The summed E-state index contributed by atoms with van der Waals surface area (Å²) in [5, 5.41) is 9.85. The number of carbonyl (C=O) groups excluding carboxylic acids is 2. The third kappa shape index (κ3) is 6.54. The van der Waals surface area contributed by atoms with Crippen LogP contribution in [0.1, 0.15) is 37.7 Å². The summed E-state index contributed by atoms with van der Waals surface area (Å²) in [6.45, 7) is 6.09. The van der Waals surface area contributed by atoms with Crippen LogP contribution in [0.15, 0.2) is 36.4 Å². The molecule has 4 heterocycles. The molecule has 4 aliphatic rings. The number of nitrogens with zero attached hydrogens (tertiary/aromatic N) is 4. The van der Waals surface area contributed by atoms with Crippen molar-refractivity contribution in [2.45, 2.75) is 50.8 Å². The molecular weight excluding hydrogens is 468 g/mol. The number of hydrogen-bond acceptors (Lipinski definition) is 6. The van der Waals surface area contributed by atoms with Crippen LogP contribution >= 0.6 is 0 Å². The van der Waals surface area contributed by atoms with Crippen molar-refractivity contribution in [1.29, 1.82) is 0 Å². The number of para-hydroxylation sites is 1. The van der Waals surface area contributed by atoms with Gasteiger partial charge in [0.2, 0.25) is 11.8 Å². The lowest BCUT2D eigenvalue weighted by Crippen LogP contribution is -2.51. The molecular formula is C29H42N4O4. The SMILES string of the molecule is CN1CCC(N2CC(=O)N3CC[C@@H](CC(=O)N4CC[C@@H](O)C4)[C@@H](C=CCOc4ccccc4C2)C3)CC1. The highest BCUT2D eigenvalue weighted by atomic mass is 16.5. The Balaban J connectivity index is 1.34. The first kappa shape index (κ1) is 26.2. The molecule has 0 saturated carbocycles. The molecule has 0 aliphatic carbocycles. The number of piperidine rings is 2. The maximum Gasteiger partial charge on any atom is 0.236 e. The topological polar surface area (TPSA) is 76.6 Å². The van der Waals surface area contributed by atoms with Gasteiger partial charge in [0.05, 0.1) is 12.6 Å². The van der Waals surface area contributed by atoms with Gasteiger partial charge in [-0.05, 0) is 63.7 Å². The van der Waals surface area contributed by atoms with Gasteiger partial charge in [-0.25, -0.2) is 0 Å². The Labute approximate surface area is 220 Å². The summed E-state index contributed by atoms with van der Waals surface area (Å²) in [6.07, 6.45) is 7.88. The van der Waals surface area contributed by atoms with Crippen molar-refractivity contribution < 1.29 is 19.4 Å². The Hall–Kier alpha value is -2.42. The van der Waals surface area contributed by atoms with E-state index in [1.165, 1.54) is 0 Å². The van der Waals surface area contributed by atoms with Crippen molar-refractivity contribution in [2.24, 2.45) is 11.8 Å². The number of β-amino-alcohol motifs (C(OH)–C–C–N with tert-alkyl or cyclic N) is 1. The molecule has 2 bridgehead atoms. The number of fused-ring (bicyclic) bond motifs is 3. The molecule has 37 heavy (non-hydrogen) atoms. The van der Waals surface area contributed by atoms with Gasteiger partial charge in [0.1, 0.15) is 12.4 Å². The first-order valence-electron chi connectivity index (χ1n) is 14.0. The normalized spacial score (nSPS) is 28.7. The molecule has 4 aliphatic heterocycles. The standard InChI is InChI=1S/C29H42N4O4/c1-30-12-9-25(10-13-30)33-19-24-5-2-3-7-27(24)37-16-4-6-23-18-31(29(36)21-33)14-8-22(23)17-28(35)32-15-11-26(34)20-32/h2-7,22-23,25-26,34H,8-21H2,1H3/t22-,23-,26+/m0/s1. The van der Waals surface area contributed by atoms with Gasteiger partial charge >= 0.3 is 0 Å². The molecule has 0 spiro atoms. The molecule has 3 saturated heterocycles. The minimum atomic E-state index is -0.402. The maximum absolute atomic E-state index is 13.6. The van der Waals surface area contributed by atoms with Crippen LogP contribution in [0.25, 0.3) is 0 Å². The summed E-state index contributed by atoms with van der Waals surface area (Å²) < 4.78 is 6.20. The van der Waals surface area contributed by atoms with E-state index in [1.54, 1.807) is 4.90 Å². The van der Waals surface area contributed by atoms with Gasteiger partial charge in [0.15, 0.2) is 0 Å². The second kappa shape index (κ2) is 12.0. The van der Waals surface area contributed by atoms with E-state index in [-0.39, 0.29) is 23.7 Å². The molecule has 5 rings (SSSR count). The van der Waals surface area contributed by atoms with Crippen LogP contribution in [0.5, 0.6) is 5.75 Å². The van der Waals surface area contributed by atoms with Gasteiger partial charge < -0.3 is 24.5 Å². The minimum Gasteiger partial charge on any atom is -0.489 e. The molecule has 0 radical (unpaired) electrons. The number of hydrogen-bond donors (Lipinski definition) is 1. The van der Waals surface area contributed by atoms with Crippen LogP contribution in [-0.2, 0) is 16.1 Å². The molecule has 0 unspecified atom stereocenters. The van der Waals surface area contributed by atoms with Crippen LogP contribution in [0.3, 0.4) is 0 Å². The number of aliphatic hydroxyl groups excluding tert-OH is 1. The largest absolute Gasteiger partial charge is 0.489 e. The van der Waals surface area contributed by atoms with Gasteiger partial charge in [-0.3, -0.25) is 14.5 Å². The monoisotopic (exact) mass is 510 g/mol. The van der Waals surface area contributed by atoms with Gasteiger partial charge in [-0.1, -0.05) is 30.4 Å². The molecule has 8 heteroatoms. The number of ether oxygens (including phenoxy) is 1. The summed E-state index contributed by atoms with van der Waals surface area (Å²) in [7, 11) is 2.16. The Morgan fingerprint density at radius 2 is 1.84 bits per heavy atom. The Morgan fingerprint density at radius 1 is 1.03 bits per heavy atom. The summed E-state index contributed by atoms with van der Waals surface area (Å²) in [5.74, 6) is 1.48. The van der Waals surface area contributed by atoms with E-state index in [1.807, 2.05) is 23.1 Å². The predicted octanol–water partition coefficient (Wildman–Crippen LogP) is 1.98. The summed E-state index contributed by atoms with van der Waals surface area (Å²) >= 11 is 0. The lowest BCUT2D eigenvalue weighted by Gasteiger charge is -2.40. The van der Waals surface area contributed by atoms with Gasteiger partial charge in [-0.15, -0.1) is 0 Å². The lowest BCUT2D eigenvalue weighted by molar-refractivity contribution is -0.136. The average molecular weight is 511 g/mol. The van der Waals surface area contributed by atoms with Gasteiger partial charge in [0.25, 0.3) is 0 Å². The van der Waals surface area contributed by atoms with E-state index in [9.17, 15) is 14.7 Å². The Morgan fingerprint density at radius 3 is 2.62 bits per heavy atom. The summed E-state index contributed by atoms with van der Waals surface area (Å²) in [5.41, 5.74) is 1.12. The molecule has 1 aromatic carbocycles. The van der Waals surface area contributed by atoms with Crippen LogP contribution in [0, 0.1) is 11.8 Å². The van der Waals surface area contributed by atoms with Crippen molar-refractivity contribution in [3.63, 3.8) is 0 Å². The van der Waals surface area contributed by atoms with E-state index in [0.29, 0.717) is 64.8 Å². The fourth-order valence-corrected chi connectivity index (χ4v) is 6.36. The number of likely N-dealkylation sites (tertiary alicyclic amines) is 2. The molecule has 8 nitrogen and oxygen atoms in total. The molecule has 0 aromatic heterocycles. The molecule has 1 aromatic rings. The maximum atomic E-state index is 13.6. The van der Waals surface area contributed by atoms with Crippen molar-refractivity contribution in [2.75, 3.05) is 59.5 Å². The molecule has 202 valence electrons. The second-order valence-corrected chi connectivity index (χ2v) is 11.3. The number of rotatable bonds is 3. The molecule has 3 fully saturated rings. The van der Waals surface area contributed by atoms with Crippen LogP contribution in [-0.4, -0.2) is 108 Å². The zero-order valence-electron chi connectivity index (χ0n) is 22.1. The smallest absolute Gasteiger partial charge is 0.236 e. The second-order valence-electron chi connectivity index (χ2n) is 11.3. The first-order chi connectivity index (χ1) is 18.0. The van der Waals surface area contributed by atoms with E-state index < -0.39 is 6.10 Å². The third-order valence-corrected chi connectivity index (χ3v) is 8.72. The average Bonchev–Trinajstić information content (AvgIpc) is 3.34. The fraction of sp³-hybridized carbons (Fsp3) is 0.655. The van der Waals surface area contributed by atoms with Gasteiger partial charge in [-0.2, -0.15) is 0 Å². The van der Waals surface area contributed by atoms with Crippen molar-refractivity contribution in [1.82, 2.24) is 19.6 Å². The summed E-state index contributed by atoms with van der Waals surface area (Å²) in [4.78, 5) is 35.1. The highest BCUT2D eigenvalue weighted by Crippen LogP contribution is 2.31. The van der Waals surface area contributed by atoms with Crippen LogP contribution in [0.2, 0.25) is 0 Å². The van der Waals surface area contributed by atoms with Crippen molar-refractivity contribution in [3.05, 3.63) is 42.0 Å². The minimum absolute atomic E-state index is 0.116. The summed E-state index contributed by atoms with van der Waals surface area (Å²) in [6, 6.07) is 8.55. The number of benzene rings is 1. The van der Waals surface area contributed by atoms with Crippen molar-refractivity contribution >= 4 is 11.8 Å². The number of carbonyl (C=O) groups is 2. The highest BCUT2D eigenvalue weighted by Gasteiger charge is 2.35. The zero-order valence-corrected chi connectivity index (χ0v) is 22.1. The molecule has 1 N–H and O–H groups in total. The van der Waals surface area contributed by atoms with E-state index >= 15 is 0 Å². The van der Waals surface area contributed by atoms with Crippen LogP contribution in [0.4, 0.5) is 0 Å². The van der Waals surface area contributed by atoms with Crippen LogP contribution < -0.4 is 4.74 Å². The quantitative estimate of drug-likeness (QED) is 0.627. The first-order valence-corrected chi connectivity index (χ1v) is 14.0. The number of aliphatic hydroxyl groups is 1. The fourth-order valence-electron chi connectivity index (χ4n) is 6.36. The highest BCUT2D eigenvalue weighted by molar-refractivity contribution is 5.79. The Kier molecular flexibility index (Phi) is 8.47. The van der Waals surface area contributed by atoms with E-state index in [2.05, 4.69) is 35.1 Å². The Bertz CT molecular complexity index is 976. The van der Waals surface area contributed by atoms with E-state index in [0.717, 1.165) is 43.7 Å². The van der Waals surface area contributed by atoms with Crippen molar-refractivity contribution in [3.8, 4) is 5.75 Å². The number of amides is 2. The lowest BCUT2D eigenvalue weighted by atomic mass is 9.82. The van der Waals surface area contributed by atoms with Gasteiger partial charge in [0, 0.05) is 50.7 Å². The van der Waals surface area contributed by atoms with E-state index in [4.69, 9.17) is 4.74 Å². The molecule has 3 atom stereocenters. The zero-order chi connectivity index (χ0) is 25.8. The predicted molar refractivity (Wildman–Crippen MR) is 142 cm³/mol. The third-order valence-electron chi connectivity index (χ3n) is 8.72.